The number of alkyl halides is 1. The van der Waals surface area contributed by atoms with E-state index < -0.39 is 0 Å². The van der Waals surface area contributed by atoms with E-state index in [0.717, 1.165) is 18.3 Å². The van der Waals surface area contributed by atoms with Gasteiger partial charge in [-0.1, -0.05) is 49.0 Å². The van der Waals surface area contributed by atoms with Gasteiger partial charge in [-0.05, 0) is 36.5 Å². The van der Waals surface area contributed by atoms with Crippen LogP contribution in [0.1, 0.15) is 58.8 Å². The molecule has 0 saturated heterocycles. The predicted molar refractivity (Wildman–Crippen MR) is 78.8 cm³/mol. The quantitative estimate of drug-likeness (QED) is 0.784. The molecule has 0 bridgehead atoms. The van der Waals surface area contributed by atoms with Crippen LogP contribution < -0.4 is 5.32 Å². The zero-order valence-electron chi connectivity index (χ0n) is 11.7. The zero-order valence-corrected chi connectivity index (χ0v) is 13.3. The topological polar surface area (TPSA) is 29.1 Å². The van der Waals surface area contributed by atoms with Crippen molar-refractivity contribution in [1.29, 1.82) is 0 Å². The van der Waals surface area contributed by atoms with Gasteiger partial charge in [-0.25, -0.2) is 0 Å². The van der Waals surface area contributed by atoms with E-state index in [1.165, 1.54) is 38.5 Å². The SMILES string of the molecule is CC1(C)CCCC1C(=O)NCC1(CBr)CCCC1. The fourth-order valence-electron chi connectivity index (χ4n) is 3.69. The van der Waals surface area contributed by atoms with Crippen molar-refractivity contribution in [3.8, 4) is 0 Å². The minimum absolute atomic E-state index is 0.196. The van der Waals surface area contributed by atoms with Crippen LogP contribution in [0, 0.1) is 16.7 Å². The Morgan fingerprint density at radius 3 is 2.39 bits per heavy atom. The van der Waals surface area contributed by atoms with Gasteiger partial charge in [-0.3, -0.25) is 4.79 Å². The number of rotatable bonds is 4. The van der Waals surface area contributed by atoms with Gasteiger partial charge in [0.15, 0.2) is 0 Å². The molecule has 2 rings (SSSR count). The lowest BCUT2D eigenvalue weighted by molar-refractivity contribution is -0.128. The van der Waals surface area contributed by atoms with Crippen LogP contribution in [0.15, 0.2) is 0 Å². The van der Waals surface area contributed by atoms with Gasteiger partial charge in [0.2, 0.25) is 5.91 Å². The Hall–Kier alpha value is -0.0500. The number of hydrogen-bond acceptors (Lipinski definition) is 1. The van der Waals surface area contributed by atoms with Crippen LogP contribution in [0.5, 0.6) is 0 Å². The smallest absolute Gasteiger partial charge is 0.223 e. The molecule has 1 unspecified atom stereocenters. The molecule has 2 nitrogen and oxygen atoms in total. The molecule has 0 aliphatic heterocycles. The standard InChI is InChI=1S/C15H26BrNO/c1-14(2)7-5-6-12(14)13(18)17-11-15(10-16)8-3-4-9-15/h12H,3-11H2,1-2H3,(H,17,18). The molecule has 0 aromatic heterocycles. The predicted octanol–water partition coefficient (Wildman–Crippen LogP) is 3.88. The molecule has 18 heavy (non-hydrogen) atoms. The Bertz CT molecular complexity index is 308. The van der Waals surface area contributed by atoms with Crippen LogP contribution in [-0.2, 0) is 4.79 Å². The summed E-state index contributed by atoms with van der Waals surface area (Å²) in [5, 5.41) is 4.27. The highest BCUT2D eigenvalue weighted by Crippen LogP contribution is 2.43. The Balaban J connectivity index is 1.88. The van der Waals surface area contributed by atoms with Gasteiger partial charge in [-0.15, -0.1) is 0 Å². The number of carbonyl (C=O) groups excluding carboxylic acids is 1. The van der Waals surface area contributed by atoms with E-state index in [-0.39, 0.29) is 11.3 Å². The third-order valence-electron chi connectivity index (χ3n) is 5.16. The summed E-state index contributed by atoms with van der Waals surface area (Å²) in [5.41, 5.74) is 0.528. The lowest BCUT2D eigenvalue weighted by Gasteiger charge is -2.30. The molecule has 104 valence electrons. The molecule has 2 aliphatic rings. The molecular weight excluding hydrogens is 290 g/mol. The van der Waals surface area contributed by atoms with Crippen LogP contribution in [-0.4, -0.2) is 17.8 Å². The lowest BCUT2D eigenvalue weighted by Crippen LogP contribution is -2.42. The van der Waals surface area contributed by atoms with Gasteiger partial charge in [0.05, 0.1) is 0 Å². The molecule has 0 aromatic rings. The van der Waals surface area contributed by atoms with Crippen LogP contribution in [0.25, 0.3) is 0 Å². The fraction of sp³-hybridized carbons (Fsp3) is 0.933. The fourth-order valence-corrected chi connectivity index (χ4v) is 4.45. The number of halogens is 1. The Kier molecular flexibility index (Phi) is 4.40. The van der Waals surface area contributed by atoms with Crippen LogP contribution >= 0.6 is 15.9 Å². The summed E-state index contributed by atoms with van der Waals surface area (Å²) in [7, 11) is 0. The molecule has 0 radical (unpaired) electrons. The molecule has 0 aromatic carbocycles. The van der Waals surface area contributed by atoms with E-state index in [2.05, 4.69) is 35.1 Å². The minimum atomic E-state index is 0.196. The number of carbonyl (C=O) groups is 1. The van der Waals surface area contributed by atoms with Crippen LogP contribution in [0.3, 0.4) is 0 Å². The number of amides is 1. The maximum absolute atomic E-state index is 12.3. The van der Waals surface area contributed by atoms with Crippen molar-refractivity contribution in [2.45, 2.75) is 58.8 Å². The second-order valence-corrected chi connectivity index (χ2v) is 7.55. The first-order chi connectivity index (χ1) is 8.49. The number of nitrogens with one attached hydrogen (secondary N) is 1. The minimum Gasteiger partial charge on any atom is -0.355 e. The van der Waals surface area contributed by atoms with Gasteiger partial charge in [0.1, 0.15) is 0 Å². The first-order valence-electron chi connectivity index (χ1n) is 7.33. The second kappa shape index (κ2) is 5.52. The average molecular weight is 316 g/mol. The monoisotopic (exact) mass is 315 g/mol. The van der Waals surface area contributed by atoms with E-state index >= 15 is 0 Å². The van der Waals surface area contributed by atoms with Gasteiger partial charge >= 0.3 is 0 Å². The molecule has 1 N–H and O–H groups in total. The second-order valence-electron chi connectivity index (χ2n) is 6.99. The normalized spacial score (nSPS) is 29.4. The van der Waals surface area contributed by atoms with Gasteiger partial charge in [0.25, 0.3) is 0 Å². The summed E-state index contributed by atoms with van der Waals surface area (Å²) < 4.78 is 0. The molecular formula is C15H26BrNO. The van der Waals surface area contributed by atoms with E-state index in [9.17, 15) is 4.79 Å². The van der Waals surface area contributed by atoms with Crippen molar-refractivity contribution in [3.63, 3.8) is 0 Å². The Morgan fingerprint density at radius 2 is 1.89 bits per heavy atom. The molecule has 0 heterocycles. The van der Waals surface area contributed by atoms with Gasteiger partial charge < -0.3 is 5.32 Å². The van der Waals surface area contributed by atoms with E-state index in [1.807, 2.05) is 0 Å². The Labute approximate surface area is 119 Å². The maximum atomic E-state index is 12.3. The average Bonchev–Trinajstić information content (AvgIpc) is 2.93. The summed E-state index contributed by atoms with van der Waals surface area (Å²) in [6, 6.07) is 0. The largest absolute Gasteiger partial charge is 0.355 e. The van der Waals surface area contributed by atoms with Crippen molar-refractivity contribution in [3.05, 3.63) is 0 Å². The molecule has 3 heteroatoms. The zero-order chi connectivity index (χ0) is 13.2. The van der Waals surface area contributed by atoms with E-state index in [4.69, 9.17) is 0 Å². The van der Waals surface area contributed by atoms with Crippen molar-refractivity contribution >= 4 is 21.8 Å². The molecule has 2 aliphatic carbocycles. The summed E-state index contributed by atoms with van der Waals surface area (Å²) in [5.74, 6) is 0.524. The van der Waals surface area contributed by atoms with Crippen LogP contribution in [0.2, 0.25) is 0 Å². The third kappa shape index (κ3) is 2.92. The molecule has 1 amide bonds. The van der Waals surface area contributed by atoms with Crippen molar-refractivity contribution in [2.24, 2.45) is 16.7 Å². The summed E-state index contributed by atoms with van der Waals surface area (Å²) >= 11 is 3.64. The van der Waals surface area contributed by atoms with Gasteiger partial charge in [-0.2, -0.15) is 0 Å². The molecule has 2 fully saturated rings. The lowest BCUT2D eigenvalue weighted by atomic mass is 9.81. The van der Waals surface area contributed by atoms with Crippen molar-refractivity contribution in [1.82, 2.24) is 5.32 Å². The van der Waals surface area contributed by atoms with Gasteiger partial charge in [0, 0.05) is 17.8 Å². The highest BCUT2D eigenvalue weighted by atomic mass is 79.9. The third-order valence-corrected chi connectivity index (χ3v) is 6.35. The van der Waals surface area contributed by atoms with Crippen LogP contribution in [0.4, 0.5) is 0 Å². The highest BCUT2D eigenvalue weighted by molar-refractivity contribution is 9.09. The Morgan fingerprint density at radius 1 is 1.22 bits per heavy atom. The van der Waals surface area contributed by atoms with E-state index in [0.29, 0.717) is 11.3 Å². The summed E-state index contributed by atoms with van der Waals surface area (Å²) in [6.45, 7) is 5.34. The summed E-state index contributed by atoms with van der Waals surface area (Å²) in [6.07, 6.45) is 8.61. The summed E-state index contributed by atoms with van der Waals surface area (Å²) in [4.78, 5) is 12.3. The highest BCUT2D eigenvalue weighted by Gasteiger charge is 2.40. The van der Waals surface area contributed by atoms with Crippen molar-refractivity contribution < 1.29 is 4.79 Å². The number of hydrogen-bond donors (Lipinski definition) is 1. The van der Waals surface area contributed by atoms with Crippen molar-refractivity contribution in [2.75, 3.05) is 11.9 Å². The maximum Gasteiger partial charge on any atom is 0.223 e. The first kappa shape index (κ1) is 14.4. The molecule has 1 atom stereocenters. The molecule has 2 saturated carbocycles. The molecule has 0 spiro atoms. The van der Waals surface area contributed by atoms with E-state index in [1.54, 1.807) is 0 Å². The first-order valence-corrected chi connectivity index (χ1v) is 8.45.